The molecule has 0 bridgehead atoms. The largest absolute Gasteiger partial charge is 0.458 e. The third kappa shape index (κ3) is 5.36. The fourth-order valence-electron chi connectivity index (χ4n) is 5.36. The number of fused-ring (bicyclic) bond motifs is 1. The van der Waals surface area contributed by atoms with Gasteiger partial charge in [-0.3, -0.25) is 14.4 Å². The monoisotopic (exact) mass is 496 g/mol. The molecule has 0 aliphatic heterocycles. The second kappa shape index (κ2) is 10.5. The summed E-state index contributed by atoms with van der Waals surface area (Å²) in [6, 6.07) is 8.42. The number of aliphatic hydroxyl groups is 1. The Bertz CT molecular complexity index is 1080. The summed E-state index contributed by atoms with van der Waals surface area (Å²) in [5.74, 6) is -3.26. The summed E-state index contributed by atoms with van der Waals surface area (Å²) in [6.45, 7) is 12.3. The van der Waals surface area contributed by atoms with Crippen LogP contribution in [0.3, 0.4) is 0 Å². The van der Waals surface area contributed by atoms with Crippen molar-refractivity contribution in [2.75, 3.05) is 0 Å². The van der Waals surface area contributed by atoms with Crippen molar-refractivity contribution in [1.82, 2.24) is 0 Å². The first-order valence-corrected chi connectivity index (χ1v) is 12.4. The van der Waals surface area contributed by atoms with Crippen molar-refractivity contribution in [2.24, 2.45) is 17.3 Å². The Morgan fingerprint density at radius 1 is 1.11 bits per heavy atom. The Balaban J connectivity index is 2.14. The van der Waals surface area contributed by atoms with Crippen molar-refractivity contribution in [3.63, 3.8) is 0 Å². The number of rotatable bonds is 3. The Labute approximate surface area is 212 Å². The Morgan fingerprint density at radius 2 is 1.75 bits per heavy atom. The third-order valence-corrected chi connectivity index (χ3v) is 7.50. The van der Waals surface area contributed by atoms with Gasteiger partial charge in [0, 0.05) is 25.2 Å². The maximum Gasteiger partial charge on any atom is 0.338 e. The zero-order chi connectivity index (χ0) is 26.8. The summed E-state index contributed by atoms with van der Waals surface area (Å²) in [5, 5.41) is 11.5. The summed E-state index contributed by atoms with van der Waals surface area (Å²) in [6.07, 6.45) is 0.175. The van der Waals surface area contributed by atoms with Gasteiger partial charge in [0.25, 0.3) is 0 Å². The first kappa shape index (κ1) is 27.5. The highest BCUT2D eigenvalue weighted by Gasteiger charge is 2.63. The van der Waals surface area contributed by atoms with Crippen LogP contribution in [0.4, 0.5) is 0 Å². The molecule has 0 heterocycles. The molecule has 0 aromatic heterocycles. The number of benzene rings is 1. The number of carbonyl (C=O) groups is 4. The Hall–Kier alpha value is -3.06. The van der Waals surface area contributed by atoms with E-state index >= 15 is 0 Å². The molecule has 0 amide bonds. The number of hydrogen-bond donors (Lipinski definition) is 1. The van der Waals surface area contributed by atoms with Crippen molar-refractivity contribution < 1.29 is 33.8 Å². The van der Waals surface area contributed by atoms with E-state index in [1.54, 1.807) is 50.3 Å². The van der Waals surface area contributed by atoms with E-state index in [2.05, 4.69) is 6.58 Å². The van der Waals surface area contributed by atoms with Crippen molar-refractivity contribution in [3.05, 3.63) is 59.7 Å². The van der Waals surface area contributed by atoms with Crippen molar-refractivity contribution in [1.29, 1.82) is 0 Å². The lowest BCUT2D eigenvalue weighted by molar-refractivity contribution is -0.174. The van der Waals surface area contributed by atoms with Crippen LogP contribution in [0.25, 0.3) is 0 Å². The molecule has 0 saturated heterocycles. The second-order valence-corrected chi connectivity index (χ2v) is 10.8. The third-order valence-electron chi connectivity index (χ3n) is 7.50. The van der Waals surface area contributed by atoms with Crippen LogP contribution in [-0.2, 0) is 23.9 Å². The molecule has 1 saturated carbocycles. The van der Waals surface area contributed by atoms with Crippen LogP contribution in [0, 0.1) is 17.3 Å². The molecule has 1 aromatic carbocycles. The Morgan fingerprint density at radius 3 is 2.36 bits per heavy atom. The van der Waals surface area contributed by atoms with Crippen molar-refractivity contribution in [2.45, 2.75) is 78.1 Å². The normalized spacial score (nSPS) is 30.9. The van der Waals surface area contributed by atoms with E-state index in [1.807, 2.05) is 13.8 Å². The van der Waals surface area contributed by atoms with Crippen molar-refractivity contribution >= 4 is 23.5 Å². The highest BCUT2D eigenvalue weighted by Crippen LogP contribution is 2.49. The summed E-state index contributed by atoms with van der Waals surface area (Å²) >= 11 is 0. The average Bonchev–Trinajstić information content (AvgIpc) is 3.10. The smallest absolute Gasteiger partial charge is 0.338 e. The molecule has 0 radical (unpaired) electrons. The van der Waals surface area contributed by atoms with E-state index in [-0.39, 0.29) is 25.0 Å². The van der Waals surface area contributed by atoms with Gasteiger partial charge in [0.1, 0.15) is 11.9 Å². The van der Waals surface area contributed by atoms with Gasteiger partial charge in [0.2, 0.25) is 5.78 Å². The fourth-order valence-corrected chi connectivity index (χ4v) is 5.36. The molecule has 36 heavy (non-hydrogen) atoms. The van der Waals surface area contributed by atoms with Crippen LogP contribution in [0.5, 0.6) is 0 Å². The highest BCUT2D eigenvalue weighted by atomic mass is 16.6. The minimum atomic E-state index is -1.75. The van der Waals surface area contributed by atoms with Gasteiger partial charge in [0.05, 0.1) is 17.6 Å². The Kier molecular flexibility index (Phi) is 8.04. The summed E-state index contributed by atoms with van der Waals surface area (Å²) in [4.78, 5) is 52.2. The zero-order valence-electron chi connectivity index (χ0n) is 21.7. The molecule has 7 nitrogen and oxygen atoms in total. The number of hydrogen-bond acceptors (Lipinski definition) is 7. The first-order valence-electron chi connectivity index (χ1n) is 12.4. The minimum absolute atomic E-state index is 0.00832. The van der Waals surface area contributed by atoms with Gasteiger partial charge in [-0.2, -0.15) is 0 Å². The van der Waals surface area contributed by atoms with E-state index < -0.39 is 52.8 Å². The lowest BCUT2D eigenvalue weighted by Crippen LogP contribution is -2.54. The maximum absolute atomic E-state index is 14.0. The van der Waals surface area contributed by atoms with E-state index in [4.69, 9.17) is 9.47 Å². The van der Waals surface area contributed by atoms with Crippen LogP contribution < -0.4 is 0 Å². The molecule has 1 fully saturated rings. The lowest BCUT2D eigenvalue weighted by Gasteiger charge is -2.39. The van der Waals surface area contributed by atoms with Crippen LogP contribution >= 0.6 is 0 Å². The van der Waals surface area contributed by atoms with Gasteiger partial charge in [-0.15, -0.1) is 0 Å². The van der Waals surface area contributed by atoms with Crippen LogP contribution in [0.15, 0.2) is 54.1 Å². The predicted octanol–water partition coefficient (Wildman–Crippen LogP) is 4.38. The van der Waals surface area contributed by atoms with Crippen LogP contribution in [0.1, 0.15) is 70.7 Å². The molecule has 3 rings (SSSR count). The lowest BCUT2D eigenvalue weighted by atomic mass is 9.74. The number of ketones is 2. The van der Waals surface area contributed by atoms with E-state index in [0.29, 0.717) is 23.1 Å². The molecule has 5 atom stereocenters. The molecule has 0 unspecified atom stereocenters. The van der Waals surface area contributed by atoms with Gasteiger partial charge in [-0.1, -0.05) is 51.6 Å². The highest BCUT2D eigenvalue weighted by molar-refractivity contribution is 6.03. The van der Waals surface area contributed by atoms with Gasteiger partial charge in [-0.05, 0) is 49.0 Å². The van der Waals surface area contributed by atoms with Gasteiger partial charge in [-0.25, -0.2) is 4.79 Å². The SMILES string of the molecule is C=C1CCC(=O)C(C)(C)CC=C(C)C(=O)[C@@]2(OC(C)=O)C[C@H](C)[C@H](OC(=O)c3ccccc3)[C@@H]2[C@@H]1O. The number of allylic oxidation sites excluding steroid dienone is 1. The second-order valence-electron chi connectivity index (χ2n) is 10.8. The number of ether oxygens (including phenoxy) is 2. The number of esters is 2. The first-order chi connectivity index (χ1) is 16.8. The predicted molar refractivity (Wildman–Crippen MR) is 134 cm³/mol. The molecule has 194 valence electrons. The van der Waals surface area contributed by atoms with E-state index in [9.17, 15) is 24.3 Å². The standard InChI is InChI=1S/C29H36O7/c1-17-12-13-22(31)28(5,6)15-14-18(2)26(33)29(36-20(4)30)16-19(3)25(23(29)24(17)32)35-27(34)21-10-8-7-9-11-21/h7-11,14,19,23-25,32H,1,12-13,15-16H2,2-6H3/t19-,23-,24+,25-,29+/m0/s1. The molecule has 7 heteroatoms. The summed E-state index contributed by atoms with van der Waals surface area (Å²) in [7, 11) is 0. The van der Waals surface area contributed by atoms with Crippen LogP contribution in [-0.4, -0.2) is 46.4 Å². The molecule has 2 aliphatic rings. The van der Waals surface area contributed by atoms with E-state index in [1.165, 1.54) is 6.92 Å². The molecule has 1 N–H and O–H groups in total. The molecular formula is C29H36O7. The topological polar surface area (TPSA) is 107 Å². The number of carbonyl (C=O) groups excluding carboxylic acids is 4. The minimum Gasteiger partial charge on any atom is -0.458 e. The average molecular weight is 497 g/mol. The van der Waals surface area contributed by atoms with Gasteiger partial charge >= 0.3 is 11.9 Å². The van der Waals surface area contributed by atoms with Crippen molar-refractivity contribution in [3.8, 4) is 0 Å². The van der Waals surface area contributed by atoms with Gasteiger partial charge in [0.15, 0.2) is 5.60 Å². The van der Waals surface area contributed by atoms with E-state index in [0.717, 1.165) is 0 Å². The number of Topliss-reactive ketones (excluding diaryl/α,β-unsaturated/α-hetero) is 2. The molecule has 0 spiro atoms. The fraction of sp³-hybridized carbons (Fsp3) is 0.517. The summed E-state index contributed by atoms with van der Waals surface area (Å²) < 4.78 is 11.7. The molecular weight excluding hydrogens is 460 g/mol. The number of aliphatic hydroxyl groups excluding tert-OH is 1. The maximum atomic E-state index is 14.0. The summed E-state index contributed by atoms with van der Waals surface area (Å²) in [5.41, 5.74) is -1.49. The quantitative estimate of drug-likeness (QED) is 0.489. The zero-order valence-corrected chi connectivity index (χ0v) is 21.7. The molecule has 1 aromatic rings. The van der Waals surface area contributed by atoms with Crippen LogP contribution in [0.2, 0.25) is 0 Å². The molecule has 2 aliphatic carbocycles. The van der Waals surface area contributed by atoms with Gasteiger partial charge < -0.3 is 14.6 Å².